The average molecular weight is 488 g/mol. The molecule has 3 aromatic carbocycles. The van der Waals surface area contributed by atoms with Crippen molar-refractivity contribution < 1.29 is 36.5 Å². The fourth-order valence-electron chi connectivity index (χ4n) is 2.95. The van der Waals surface area contributed by atoms with Crippen LogP contribution in [0.5, 0.6) is 23.0 Å². The minimum atomic E-state index is -4.32. The Labute approximate surface area is 195 Å². The van der Waals surface area contributed by atoms with Crippen LogP contribution in [0.25, 0.3) is 0 Å². The molecule has 0 unspecified atom stereocenters. The van der Waals surface area contributed by atoms with E-state index in [4.69, 9.17) is 18.4 Å². The zero-order chi connectivity index (χ0) is 24.9. The number of rotatable bonds is 9. The molecule has 0 bridgehead atoms. The van der Waals surface area contributed by atoms with Crippen LogP contribution >= 0.6 is 0 Å². The normalized spacial score (nSPS) is 10.8. The Morgan fingerprint density at radius 1 is 0.912 bits per heavy atom. The molecular weight excluding hydrogens is 468 g/mol. The van der Waals surface area contributed by atoms with Gasteiger partial charge in [0.2, 0.25) is 5.75 Å². The highest BCUT2D eigenvalue weighted by Gasteiger charge is 2.20. The van der Waals surface area contributed by atoms with E-state index in [1.807, 2.05) is 0 Å². The van der Waals surface area contributed by atoms with Gasteiger partial charge >= 0.3 is 10.1 Å². The molecule has 0 aromatic heterocycles. The lowest BCUT2D eigenvalue weighted by Crippen LogP contribution is -2.13. The summed E-state index contributed by atoms with van der Waals surface area (Å²) < 4.78 is 45.7. The summed E-state index contributed by atoms with van der Waals surface area (Å²) >= 11 is 0. The van der Waals surface area contributed by atoms with Gasteiger partial charge in [-0.1, -0.05) is 6.07 Å². The van der Waals surface area contributed by atoms with Crippen LogP contribution in [0.1, 0.15) is 10.4 Å². The smallest absolute Gasteiger partial charge is 0.339 e. The maximum atomic E-state index is 12.6. The molecule has 0 saturated heterocycles. The number of nitro groups is 1. The van der Waals surface area contributed by atoms with Crippen LogP contribution in [-0.2, 0) is 10.1 Å². The van der Waals surface area contributed by atoms with E-state index in [0.717, 1.165) is 6.07 Å². The first-order valence-corrected chi connectivity index (χ1v) is 11.0. The van der Waals surface area contributed by atoms with E-state index >= 15 is 0 Å². The fourth-order valence-corrected chi connectivity index (χ4v) is 3.92. The van der Waals surface area contributed by atoms with Gasteiger partial charge in [0.1, 0.15) is 10.6 Å². The lowest BCUT2D eigenvalue weighted by molar-refractivity contribution is -0.385. The van der Waals surface area contributed by atoms with Crippen LogP contribution in [0.15, 0.2) is 65.6 Å². The average Bonchev–Trinajstić information content (AvgIpc) is 2.83. The first kappa shape index (κ1) is 24.3. The third-order valence-electron chi connectivity index (χ3n) is 4.56. The number of hydrogen-bond donors (Lipinski definition) is 1. The minimum Gasteiger partial charge on any atom is -0.493 e. The maximum Gasteiger partial charge on any atom is 0.339 e. The largest absolute Gasteiger partial charge is 0.493 e. The second-order valence-electron chi connectivity index (χ2n) is 6.68. The number of ether oxygens (including phenoxy) is 3. The Balaban J connectivity index is 1.76. The Kier molecular flexibility index (Phi) is 7.21. The number of carbonyl (C=O) groups is 1. The van der Waals surface area contributed by atoms with Gasteiger partial charge in [-0.15, -0.1) is 0 Å². The first-order valence-electron chi connectivity index (χ1n) is 9.59. The molecule has 3 rings (SSSR count). The van der Waals surface area contributed by atoms with Gasteiger partial charge in [-0.3, -0.25) is 14.9 Å². The predicted octanol–water partition coefficient (Wildman–Crippen LogP) is 3.64. The van der Waals surface area contributed by atoms with Gasteiger partial charge in [0.15, 0.2) is 11.5 Å². The second-order valence-corrected chi connectivity index (χ2v) is 8.23. The molecule has 0 saturated carbocycles. The number of carbonyl (C=O) groups excluding carboxylic acids is 1. The third kappa shape index (κ3) is 5.35. The number of hydrogen-bond acceptors (Lipinski definition) is 9. The molecule has 0 fully saturated rings. The van der Waals surface area contributed by atoms with E-state index in [9.17, 15) is 23.3 Å². The van der Waals surface area contributed by atoms with Crippen LogP contribution < -0.4 is 23.7 Å². The summed E-state index contributed by atoms with van der Waals surface area (Å²) in [5.41, 5.74) is 0.213. The molecule has 11 nitrogen and oxygen atoms in total. The van der Waals surface area contributed by atoms with Gasteiger partial charge < -0.3 is 23.7 Å². The molecule has 0 spiro atoms. The lowest BCUT2D eigenvalue weighted by atomic mass is 10.2. The first-order chi connectivity index (χ1) is 16.2. The van der Waals surface area contributed by atoms with E-state index < -0.39 is 20.9 Å². The van der Waals surface area contributed by atoms with Crippen molar-refractivity contribution in [3.63, 3.8) is 0 Å². The highest BCUT2D eigenvalue weighted by Crippen LogP contribution is 2.40. The van der Waals surface area contributed by atoms with Crippen molar-refractivity contribution in [1.82, 2.24) is 0 Å². The van der Waals surface area contributed by atoms with Crippen molar-refractivity contribution in [2.75, 3.05) is 26.6 Å². The van der Waals surface area contributed by atoms with Gasteiger partial charge in [0.05, 0.1) is 26.3 Å². The Hall–Kier alpha value is -4.32. The molecule has 0 aliphatic rings. The number of amides is 1. The quantitative estimate of drug-likeness (QED) is 0.271. The summed E-state index contributed by atoms with van der Waals surface area (Å²) in [6, 6.07) is 12.9. The molecule has 0 heterocycles. The summed E-state index contributed by atoms with van der Waals surface area (Å²) in [4.78, 5) is 22.4. The van der Waals surface area contributed by atoms with Crippen molar-refractivity contribution in [2.24, 2.45) is 0 Å². The summed E-state index contributed by atoms with van der Waals surface area (Å²) in [5, 5.41) is 13.6. The van der Waals surface area contributed by atoms with Gasteiger partial charge in [-0.05, 0) is 30.3 Å². The van der Waals surface area contributed by atoms with Gasteiger partial charge in [-0.25, -0.2) is 0 Å². The SMILES string of the molecule is COc1cc(NC(=O)c2ccc(OS(=O)(=O)c3cccc([N+](=O)[O-])c3)cc2)cc(OC)c1OC. The monoisotopic (exact) mass is 488 g/mol. The van der Waals surface area contributed by atoms with Crippen LogP contribution in [-0.4, -0.2) is 40.6 Å². The molecule has 12 heteroatoms. The van der Waals surface area contributed by atoms with Crippen LogP contribution in [0.3, 0.4) is 0 Å². The van der Waals surface area contributed by atoms with Gasteiger partial charge in [-0.2, -0.15) is 8.42 Å². The molecule has 1 N–H and O–H groups in total. The summed E-state index contributed by atoms with van der Waals surface area (Å²) in [5.74, 6) is 0.521. The molecule has 0 radical (unpaired) electrons. The zero-order valence-corrected chi connectivity index (χ0v) is 19.1. The topological polar surface area (TPSA) is 143 Å². The molecular formula is C22H20N2O9S. The van der Waals surface area contributed by atoms with E-state index in [1.165, 1.54) is 63.8 Å². The molecule has 1 amide bonds. The van der Waals surface area contributed by atoms with Crippen molar-refractivity contribution in [2.45, 2.75) is 4.90 Å². The van der Waals surface area contributed by atoms with E-state index in [0.29, 0.717) is 22.9 Å². The summed E-state index contributed by atoms with van der Waals surface area (Å²) in [6.07, 6.45) is 0. The summed E-state index contributed by atoms with van der Waals surface area (Å²) in [7, 11) is 0.0376. The molecule has 0 aliphatic heterocycles. The Morgan fingerprint density at radius 2 is 1.53 bits per heavy atom. The van der Waals surface area contributed by atoms with Crippen molar-refractivity contribution >= 4 is 27.4 Å². The predicted molar refractivity (Wildman–Crippen MR) is 121 cm³/mol. The highest BCUT2D eigenvalue weighted by molar-refractivity contribution is 7.87. The number of nitro benzene ring substituents is 1. The van der Waals surface area contributed by atoms with Crippen molar-refractivity contribution in [1.29, 1.82) is 0 Å². The van der Waals surface area contributed by atoms with Crippen LogP contribution in [0, 0.1) is 10.1 Å². The Bertz CT molecular complexity index is 1300. The maximum absolute atomic E-state index is 12.6. The van der Waals surface area contributed by atoms with Crippen molar-refractivity contribution in [3.8, 4) is 23.0 Å². The molecule has 178 valence electrons. The number of non-ortho nitro benzene ring substituents is 1. The Morgan fingerprint density at radius 3 is 2.06 bits per heavy atom. The molecule has 34 heavy (non-hydrogen) atoms. The third-order valence-corrected chi connectivity index (χ3v) is 5.81. The number of methoxy groups -OCH3 is 3. The zero-order valence-electron chi connectivity index (χ0n) is 18.3. The van der Waals surface area contributed by atoms with Crippen LogP contribution in [0.4, 0.5) is 11.4 Å². The number of benzene rings is 3. The molecule has 3 aromatic rings. The van der Waals surface area contributed by atoms with E-state index in [1.54, 1.807) is 12.1 Å². The van der Waals surface area contributed by atoms with Gasteiger partial charge in [0, 0.05) is 35.5 Å². The van der Waals surface area contributed by atoms with E-state index in [2.05, 4.69) is 5.32 Å². The lowest BCUT2D eigenvalue weighted by Gasteiger charge is -2.14. The number of nitrogens with one attached hydrogen (secondary N) is 1. The second kappa shape index (κ2) is 10.1. The highest BCUT2D eigenvalue weighted by atomic mass is 32.2. The minimum absolute atomic E-state index is 0.0733. The van der Waals surface area contributed by atoms with E-state index in [-0.39, 0.29) is 21.9 Å². The van der Waals surface area contributed by atoms with Gasteiger partial charge in [0.25, 0.3) is 11.6 Å². The number of nitrogens with zero attached hydrogens (tertiary/aromatic N) is 1. The molecule has 0 atom stereocenters. The van der Waals surface area contributed by atoms with Crippen molar-refractivity contribution in [3.05, 3.63) is 76.3 Å². The number of anilines is 1. The van der Waals surface area contributed by atoms with Crippen LogP contribution in [0.2, 0.25) is 0 Å². The fraction of sp³-hybridized carbons (Fsp3) is 0.136. The summed E-state index contributed by atoms with van der Waals surface area (Å²) in [6.45, 7) is 0. The molecule has 0 aliphatic carbocycles. The standard InChI is InChI=1S/C22H20N2O9S/c1-30-19-11-15(12-20(31-2)21(19)32-3)23-22(25)14-7-9-17(10-8-14)33-34(28,29)18-6-4-5-16(13-18)24(26)27/h4-13H,1-3H3,(H,23,25).